The Morgan fingerprint density at radius 2 is 2.20 bits per heavy atom. The number of hydrogen-bond acceptors (Lipinski definition) is 2. The van der Waals surface area contributed by atoms with Crippen LogP contribution < -0.4 is 5.73 Å². The number of carbonyl (C=O) groups is 1. The molecule has 1 aliphatic carbocycles. The van der Waals surface area contributed by atoms with Crippen LogP contribution in [0.5, 0.6) is 0 Å². The normalized spacial score (nSPS) is 19.3. The van der Waals surface area contributed by atoms with Crippen LogP contribution in [0.3, 0.4) is 0 Å². The number of fused-ring (bicyclic) bond motifs is 1. The lowest BCUT2D eigenvalue weighted by Gasteiger charge is -2.13. The average molecular weight is 262 g/mol. The summed E-state index contributed by atoms with van der Waals surface area (Å²) in [6.07, 6.45) is 10.5. The van der Waals surface area contributed by atoms with Crippen LogP contribution >= 0.6 is 0 Å². The standard InChI is InChI=1S/C17H14N2O/c18-16(20)11-10-14-13-8-4-5-9-15(13)19-17(14)12-6-2-1-3-7-12/h1-6,8-9,11-12H,7H2,(H2,18,20). The molecule has 0 spiro atoms. The minimum Gasteiger partial charge on any atom is -0.366 e. The number of amides is 1. The number of hydrogen-bond donors (Lipinski definition) is 1. The van der Waals surface area contributed by atoms with Gasteiger partial charge in [-0.1, -0.05) is 42.5 Å². The van der Waals surface area contributed by atoms with Gasteiger partial charge < -0.3 is 5.73 Å². The van der Waals surface area contributed by atoms with Crippen LogP contribution in [0.15, 0.2) is 65.4 Å². The Kier molecular flexibility index (Phi) is 3.20. The first-order valence-corrected chi connectivity index (χ1v) is 6.53. The van der Waals surface area contributed by atoms with Gasteiger partial charge in [0.05, 0.1) is 11.4 Å². The molecule has 98 valence electrons. The molecule has 3 nitrogen and oxygen atoms in total. The van der Waals surface area contributed by atoms with Gasteiger partial charge in [-0.05, 0) is 12.5 Å². The molecule has 2 aliphatic rings. The van der Waals surface area contributed by atoms with E-state index in [4.69, 9.17) is 10.7 Å². The fourth-order valence-electron chi connectivity index (χ4n) is 2.45. The second kappa shape index (κ2) is 5.16. The van der Waals surface area contributed by atoms with Crippen molar-refractivity contribution in [3.63, 3.8) is 0 Å². The van der Waals surface area contributed by atoms with Crippen molar-refractivity contribution in [2.45, 2.75) is 6.42 Å². The van der Waals surface area contributed by atoms with E-state index in [9.17, 15) is 4.79 Å². The van der Waals surface area contributed by atoms with Crippen LogP contribution in [0, 0.1) is 5.92 Å². The molecule has 0 saturated heterocycles. The quantitative estimate of drug-likeness (QED) is 0.646. The average Bonchev–Trinajstić information content (AvgIpc) is 2.84. The summed E-state index contributed by atoms with van der Waals surface area (Å²) in [5.41, 5.74) is 11.9. The molecule has 1 unspecified atom stereocenters. The Balaban J connectivity index is 2.09. The number of primary amides is 1. The van der Waals surface area contributed by atoms with Gasteiger partial charge in [-0.3, -0.25) is 9.79 Å². The highest BCUT2D eigenvalue weighted by molar-refractivity contribution is 6.30. The molecule has 0 saturated carbocycles. The van der Waals surface area contributed by atoms with E-state index in [1.165, 1.54) is 6.08 Å². The molecule has 20 heavy (non-hydrogen) atoms. The Morgan fingerprint density at radius 3 is 2.95 bits per heavy atom. The third kappa shape index (κ3) is 2.27. The number of rotatable bonds is 2. The zero-order chi connectivity index (χ0) is 13.9. The maximum Gasteiger partial charge on any atom is 0.249 e. The highest BCUT2D eigenvalue weighted by Gasteiger charge is 2.25. The van der Waals surface area contributed by atoms with Crippen molar-refractivity contribution in [2.24, 2.45) is 16.6 Å². The molecular formula is C17H14N2O. The van der Waals surface area contributed by atoms with E-state index in [1.54, 1.807) is 0 Å². The van der Waals surface area contributed by atoms with Gasteiger partial charge in [-0.25, -0.2) is 0 Å². The van der Waals surface area contributed by atoms with Crippen molar-refractivity contribution in [3.05, 3.63) is 65.9 Å². The van der Waals surface area contributed by atoms with Crippen LogP contribution in [-0.4, -0.2) is 11.6 Å². The maximum atomic E-state index is 11.0. The van der Waals surface area contributed by atoms with E-state index < -0.39 is 5.91 Å². The number of benzene rings is 1. The number of nitrogens with zero attached hydrogens (tertiary/aromatic N) is 1. The summed E-state index contributed by atoms with van der Waals surface area (Å²) in [7, 11) is 0. The molecule has 0 aromatic heterocycles. The number of carbonyl (C=O) groups excluding carboxylic acids is 1. The Labute approximate surface area is 117 Å². The third-order valence-corrected chi connectivity index (χ3v) is 3.36. The first-order valence-electron chi connectivity index (χ1n) is 6.53. The fourth-order valence-corrected chi connectivity index (χ4v) is 2.45. The number of para-hydroxylation sites is 1. The number of aliphatic imine (C=N–C) groups is 1. The number of nitrogens with two attached hydrogens (primary N) is 1. The Hall–Kier alpha value is -2.64. The second-order valence-corrected chi connectivity index (χ2v) is 4.74. The van der Waals surface area contributed by atoms with Crippen molar-refractivity contribution < 1.29 is 4.79 Å². The molecule has 3 rings (SSSR count). The van der Waals surface area contributed by atoms with Gasteiger partial charge >= 0.3 is 0 Å². The summed E-state index contributed by atoms with van der Waals surface area (Å²) in [6, 6.07) is 7.87. The largest absolute Gasteiger partial charge is 0.366 e. The minimum atomic E-state index is -0.500. The van der Waals surface area contributed by atoms with Crippen molar-refractivity contribution >= 4 is 22.9 Å². The number of allylic oxidation sites excluding steroid dienone is 4. The van der Waals surface area contributed by atoms with Crippen LogP contribution in [0.2, 0.25) is 0 Å². The van der Waals surface area contributed by atoms with Gasteiger partial charge in [0.1, 0.15) is 0 Å². The topological polar surface area (TPSA) is 55.5 Å². The molecule has 0 radical (unpaired) electrons. The minimum absolute atomic E-state index is 0.219. The molecule has 0 fully saturated rings. The van der Waals surface area contributed by atoms with E-state index in [-0.39, 0.29) is 5.92 Å². The molecule has 0 bridgehead atoms. The van der Waals surface area contributed by atoms with Crippen molar-refractivity contribution in [2.75, 3.05) is 0 Å². The summed E-state index contributed by atoms with van der Waals surface area (Å²) >= 11 is 0. The van der Waals surface area contributed by atoms with Gasteiger partial charge in [0.15, 0.2) is 0 Å². The molecule has 1 aliphatic heterocycles. The summed E-state index contributed by atoms with van der Waals surface area (Å²) in [6.45, 7) is 0. The summed E-state index contributed by atoms with van der Waals surface area (Å²) in [5.74, 6) is -0.281. The van der Waals surface area contributed by atoms with Gasteiger partial charge in [0, 0.05) is 23.1 Å². The van der Waals surface area contributed by atoms with E-state index in [0.717, 1.165) is 29.0 Å². The van der Waals surface area contributed by atoms with Crippen molar-refractivity contribution in [1.29, 1.82) is 0 Å². The maximum absolute atomic E-state index is 11.0. The molecule has 2 N–H and O–H groups in total. The SMILES string of the molecule is NC(=O)C=C=C1C(C2C=CC=CC2)=Nc2ccccc21. The first kappa shape index (κ1) is 12.4. The lowest BCUT2D eigenvalue weighted by molar-refractivity contribution is -0.113. The Morgan fingerprint density at radius 1 is 1.35 bits per heavy atom. The molecule has 1 heterocycles. The van der Waals surface area contributed by atoms with Crippen LogP contribution in [0.4, 0.5) is 5.69 Å². The highest BCUT2D eigenvalue weighted by atomic mass is 16.1. The van der Waals surface area contributed by atoms with Crippen LogP contribution in [-0.2, 0) is 4.79 Å². The molecule has 1 aromatic carbocycles. The molecule has 3 heteroatoms. The van der Waals surface area contributed by atoms with Crippen molar-refractivity contribution in [1.82, 2.24) is 0 Å². The first-order chi connectivity index (χ1) is 9.75. The van der Waals surface area contributed by atoms with Crippen LogP contribution in [0.1, 0.15) is 12.0 Å². The van der Waals surface area contributed by atoms with E-state index >= 15 is 0 Å². The van der Waals surface area contributed by atoms with Gasteiger partial charge in [0.2, 0.25) is 5.91 Å². The summed E-state index contributed by atoms with van der Waals surface area (Å²) < 4.78 is 0. The summed E-state index contributed by atoms with van der Waals surface area (Å²) in [4.78, 5) is 15.7. The van der Waals surface area contributed by atoms with E-state index in [0.29, 0.717) is 0 Å². The zero-order valence-electron chi connectivity index (χ0n) is 10.9. The fraction of sp³-hybridized carbons (Fsp3) is 0.118. The third-order valence-electron chi connectivity index (χ3n) is 3.36. The predicted octanol–water partition coefficient (Wildman–Crippen LogP) is 2.93. The monoisotopic (exact) mass is 262 g/mol. The lowest BCUT2D eigenvalue weighted by atomic mass is 9.89. The molecule has 1 amide bonds. The highest BCUT2D eigenvalue weighted by Crippen LogP contribution is 2.37. The van der Waals surface area contributed by atoms with E-state index in [1.807, 2.05) is 36.4 Å². The lowest BCUT2D eigenvalue weighted by Crippen LogP contribution is -2.12. The molecular weight excluding hydrogens is 248 g/mol. The van der Waals surface area contributed by atoms with Crippen LogP contribution in [0.25, 0.3) is 5.57 Å². The zero-order valence-corrected chi connectivity index (χ0v) is 10.9. The summed E-state index contributed by atoms with van der Waals surface area (Å²) in [5, 5.41) is 0. The van der Waals surface area contributed by atoms with Gasteiger partial charge in [-0.2, -0.15) is 0 Å². The molecule has 1 aromatic rings. The van der Waals surface area contributed by atoms with E-state index in [2.05, 4.69) is 17.9 Å². The van der Waals surface area contributed by atoms with Gasteiger partial charge in [0.25, 0.3) is 0 Å². The Bertz CT molecular complexity index is 716. The molecule has 1 atom stereocenters. The van der Waals surface area contributed by atoms with Crippen molar-refractivity contribution in [3.8, 4) is 0 Å². The van der Waals surface area contributed by atoms with Gasteiger partial charge in [-0.15, -0.1) is 5.73 Å². The second-order valence-electron chi connectivity index (χ2n) is 4.74. The smallest absolute Gasteiger partial charge is 0.249 e. The predicted molar refractivity (Wildman–Crippen MR) is 80.6 cm³/mol.